The lowest BCUT2D eigenvalue weighted by molar-refractivity contribution is 0.568. The van der Waals surface area contributed by atoms with Crippen molar-refractivity contribution in [2.24, 2.45) is 0 Å². The molecule has 0 rings (SSSR count). The molecule has 0 amide bonds. The van der Waals surface area contributed by atoms with Crippen LogP contribution in [0, 0.1) is 0 Å². The van der Waals surface area contributed by atoms with Crippen molar-refractivity contribution in [1.29, 1.82) is 0 Å². The smallest absolute Gasteiger partial charge is 0.0988 e. The van der Waals surface area contributed by atoms with E-state index < -0.39 is 0 Å². The number of halogens is 1. The van der Waals surface area contributed by atoms with E-state index >= 15 is 0 Å². The SMILES string of the molecule is CCCCCC(CC)=C(F)CC. The summed E-state index contributed by atoms with van der Waals surface area (Å²) in [6.45, 7) is 6.09. The van der Waals surface area contributed by atoms with Gasteiger partial charge >= 0.3 is 0 Å². The summed E-state index contributed by atoms with van der Waals surface area (Å²) in [7, 11) is 0. The summed E-state index contributed by atoms with van der Waals surface area (Å²) in [5.41, 5.74) is 1.03. The van der Waals surface area contributed by atoms with Gasteiger partial charge < -0.3 is 0 Å². The summed E-state index contributed by atoms with van der Waals surface area (Å²) in [6.07, 6.45) is 5.99. The molecule has 0 radical (unpaired) electrons. The highest BCUT2D eigenvalue weighted by atomic mass is 19.1. The Balaban J connectivity index is 3.82. The van der Waals surface area contributed by atoms with E-state index in [1.165, 1.54) is 12.8 Å². The van der Waals surface area contributed by atoms with Crippen LogP contribution < -0.4 is 0 Å². The number of hydrogen-bond donors (Lipinski definition) is 0. The minimum atomic E-state index is 0.119. The Morgan fingerprint density at radius 3 is 2.08 bits per heavy atom. The molecule has 0 saturated heterocycles. The maximum Gasteiger partial charge on any atom is 0.0988 e. The fraction of sp³-hybridized carbons (Fsp3) is 0.818. The van der Waals surface area contributed by atoms with Crippen LogP contribution in [0.2, 0.25) is 0 Å². The van der Waals surface area contributed by atoms with E-state index in [0.29, 0.717) is 6.42 Å². The van der Waals surface area contributed by atoms with Crippen LogP contribution in [-0.4, -0.2) is 0 Å². The van der Waals surface area contributed by atoms with Gasteiger partial charge in [0.2, 0.25) is 0 Å². The number of rotatable bonds is 6. The van der Waals surface area contributed by atoms with Gasteiger partial charge in [-0.1, -0.05) is 33.6 Å². The third-order valence-corrected chi connectivity index (χ3v) is 2.20. The average Bonchev–Trinajstić information content (AvgIpc) is 2.11. The maximum absolute atomic E-state index is 13.1. The third kappa shape index (κ3) is 4.53. The lowest BCUT2D eigenvalue weighted by atomic mass is 10.0. The molecule has 72 valence electrons. The minimum Gasteiger partial charge on any atom is -0.212 e. The van der Waals surface area contributed by atoms with Crippen molar-refractivity contribution < 1.29 is 4.39 Å². The van der Waals surface area contributed by atoms with Crippen molar-refractivity contribution in [3.05, 3.63) is 11.4 Å². The van der Waals surface area contributed by atoms with Crippen LogP contribution in [0.4, 0.5) is 4.39 Å². The summed E-state index contributed by atoms with van der Waals surface area (Å²) in [5.74, 6) is 0.119. The van der Waals surface area contributed by atoms with Gasteiger partial charge in [-0.25, -0.2) is 4.39 Å². The second-order valence-electron chi connectivity index (χ2n) is 3.17. The summed E-state index contributed by atoms with van der Waals surface area (Å²) < 4.78 is 13.1. The zero-order valence-corrected chi connectivity index (χ0v) is 8.62. The highest BCUT2D eigenvalue weighted by Crippen LogP contribution is 2.19. The van der Waals surface area contributed by atoms with Crippen molar-refractivity contribution >= 4 is 0 Å². The zero-order chi connectivity index (χ0) is 9.40. The number of unbranched alkanes of at least 4 members (excludes halogenated alkanes) is 2. The van der Waals surface area contributed by atoms with E-state index in [2.05, 4.69) is 6.92 Å². The van der Waals surface area contributed by atoms with E-state index in [4.69, 9.17) is 0 Å². The summed E-state index contributed by atoms with van der Waals surface area (Å²) in [5, 5.41) is 0. The van der Waals surface area contributed by atoms with Gasteiger partial charge in [-0.15, -0.1) is 0 Å². The second kappa shape index (κ2) is 7.33. The van der Waals surface area contributed by atoms with E-state index in [9.17, 15) is 4.39 Å². The molecule has 0 spiro atoms. The molecule has 0 fully saturated rings. The molecule has 0 aliphatic rings. The van der Waals surface area contributed by atoms with Gasteiger partial charge in [0.1, 0.15) is 0 Å². The van der Waals surface area contributed by atoms with Crippen molar-refractivity contribution in [3.63, 3.8) is 0 Å². The fourth-order valence-corrected chi connectivity index (χ4v) is 1.34. The molecule has 0 N–H and O–H groups in total. The Hall–Kier alpha value is -0.330. The summed E-state index contributed by atoms with van der Waals surface area (Å²) in [6, 6.07) is 0. The van der Waals surface area contributed by atoms with Gasteiger partial charge in [0.05, 0.1) is 5.83 Å². The molecule has 0 aromatic carbocycles. The van der Waals surface area contributed by atoms with Crippen molar-refractivity contribution in [1.82, 2.24) is 0 Å². The Morgan fingerprint density at radius 1 is 1.00 bits per heavy atom. The van der Waals surface area contributed by atoms with Gasteiger partial charge in [-0.3, -0.25) is 0 Å². The molecule has 0 aliphatic carbocycles. The predicted molar refractivity (Wildman–Crippen MR) is 52.9 cm³/mol. The molecule has 0 nitrogen and oxygen atoms in total. The first-order chi connectivity index (χ1) is 5.76. The van der Waals surface area contributed by atoms with Crippen LogP contribution in [0.1, 0.15) is 59.3 Å². The predicted octanol–water partition coefficient (Wildman–Crippen LogP) is 4.61. The molecule has 0 aromatic heterocycles. The number of allylic oxidation sites excluding steroid dienone is 2. The highest BCUT2D eigenvalue weighted by molar-refractivity contribution is 5.06. The molecule has 1 heteroatoms. The molecule has 0 saturated carbocycles. The van der Waals surface area contributed by atoms with Crippen LogP contribution in [0.25, 0.3) is 0 Å². The normalized spacial score (nSPS) is 13.0. The third-order valence-electron chi connectivity index (χ3n) is 2.20. The van der Waals surface area contributed by atoms with E-state index in [1.807, 2.05) is 13.8 Å². The van der Waals surface area contributed by atoms with Gasteiger partial charge in [0.25, 0.3) is 0 Å². The van der Waals surface area contributed by atoms with Gasteiger partial charge in [-0.2, -0.15) is 0 Å². The Bertz CT molecular complexity index is 136. The summed E-state index contributed by atoms with van der Waals surface area (Å²) in [4.78, 5) is 0. The van der Waals surface area contributed by atoms with Crippen LogP contribution >= 0.6 is 0 Å². The molecule has 0 bridgehead atoms. The lowest BCUT2D eigenvalue weighted by Crippen LogP contribution is -1.86. The van der Waals surface area contributed by atoms with Gasteiger partial charge in [-0.05, 0) is 31.3 Å². The molecule has 0 atom stereocenters. The zero-order valence-electron chi connectivity index (χ0n) is 8.62. The van der Waals surface area contributed by atoms with Crippen molar-refractivity contribution in [3.8, 4) is 0 Å². The molecular weight excluding hydrogens is 151 g/mol. The van der Waals surface area contributed by atoms with Gasteiger partial charge in [0.15, 0.2) is 0 Å². The first-order valence-corrected chi connectivity index (χ1v) is 5.12. The lowest BCUT2D eigenvalue weighted by Gasteiger charge is -2.05. The van der Waals surface area contributed by atoms with Crippen LogP contribution in [0.15, 0.2) is 11.4 Å². The maximum atomic E-state index is 13.1. The van der Waals surface area contributed by atoms with E-state index in [1.54, 1.807) is 0 Å². The van der Waals surface area contributed by atoms with Crippen molar-refractivity contribution in [2.75, 3.05) is 0 Å². The van der Waals surface area contributed by atoms with Crippen LogP contribution in [-0.2, 0) is 0 Å². The molecular formula is C11H21F. The number of hydrogen-bond acceptors (Lipinski definition) is 0. The van der Waals surface area contributed by atoms with Crippen LogP contribution in [0.3, 0.4) is 0 Å². The monoisotopic (exact) mass is 172 g/mol. The Labute approximate surface area is 75.9 Å². The van der Waals surface area contributed by atoms with Crippen LogP contribution in [0.5, 0.6) is 0 Å². The molecule has 0 aromatic rings. The molecule has 0 aliphatic heterocycles. The van der Waals surface area contributed by atoms with E-state index in [0.717, 1.165) is 24.8 Å². The van der Waals surface area contributed by atoms with E-state index in [-0.39, 0.29) is 5.83 Å². The Kier molecular flexibility index (Phi) is 7.12. The first kappa shape index (κ1) is 11.7. The Morgan fingerprint density at radius 2 is 1.67 bits per heavy atom. The summed E-state index contributed by atoms with van der Waals surface area (Å²) >= 11 is 0. The topological polar surface area (TPSA) is 0 Å². The van der Waals surface area contributed by atoms with Gasteiger partial charge in [0, 0.05) is 0 Å². The fourth-order valence-electron chi connectivity index (χ4n) is 1.34. The first-order valence-electron chi connectivity index (χ1n) is 5.12. The molecule has 0 unspecified atom stereocenters. The van der Waals surface area contributed by atoms with Crippen molar-refractivity contribution in [2.45, 2.75) is 59.3 Å². The standard InChI is InChI=1S/C11H21F/c1-4-7-8-9-10(5-2)11(12)6-3/h4-9H2,1-3H3. The molecule has 0 heterocycles. The minimum absolute atomic E-state index is 0.119. The quantitative estimate of drug-likeness (QED) is 0.513. The average molecular weight is 172 g/mol. The highest BCUT2D eigenvalue weighted by Gasteiger charge is 2.01. The second-order valence-corrected chi connectivity index (χ2v) is 3.17. The largest absolute Gasteiger partial charge is 0.212 e. The molecule has 12 heavy (non-hydrogen) atoms.